The van der Waals surface area contributed by atoms with Gasteiger partial charge < -0.3 is 26.6 Å². The average molecular weight is 533 g/mol. The summed E-state index contributed by atoms with van der Waals surface area (Å²) in [4.78, 5) is 44.2. The number of piperidine rings is 1. The predicted octanol–water partition coefficient (Wildman–Crippen LogP) is 2.12. The largest absolute Gasteiger partial charge is 0.367 e. The van der Waals surface area contributed by atoms with Crippen LogP contribution in [0.4, 0.5) is 14.5 Å². The number of anilines is 1. The number of carbonyl (C=O) groups excluding carboxylic acids is 3. The van der Waals surface area contributed by atoms with Crippen LogP contribution in [0.25, 0.3) is 0 Å². The van der Waals surface area contributed by atoms with Crippen LogP contribution in [0.15, 0.2) is 53.5 Å². The van der Waals surface area contributed by atoms with Crippen LogP contribution in [0.3, 0.4) is 0 Å². The lowest BCUT2D eigenvalue weighted by atomic mass is 9.82. The lowest BCUT2D eigenvalue weighted by Gasteiger charge is -2.33. The van der Waals surface area contributed by atoms with Gasteiger partial charge in [-0.2, -0.15) is 0 Å². The first-order valence-corrected chi connectivity index (χ1v) is 12.1. The second kappa shape index (κ2) is 10.8. The van der Waals surface area contributed by atoms with Crippen molar-refractivity contribution in [3.05, 3.63) is 64.7 Å². The van der Waals surface area contributed by atoms with E-state index in [1.54, 1.807) is 48.5 Å². The number of carbonyl (C=O) groups is 3. The molecule has 0 radical (unpaired) electrons. The van der Waals surface area contributed by atoms with E-state index in [-0.39, 0.29) is 32.5 Å². The molecule has 12 heteroatoms. The minimum atomic E-state index is -2.64. The fraction of sp³-hybridized carbons (Fsp3) is 0.360. The Balaban J connectivity index is 1.42. The van der Waals surface area contributed by atoms with Crippen LogP contribution in [0.5, 0.6) is 0 Å². The first-order chi connectivity index (χ1) is 17.6. The van der Waals surface area contributed by atoms with E-state index < -0.39 is 35.2 Å². The molecular weight excluding hydrogens is 506 g/mol. The second-order valence-electron chi connectivity index (χ2n) is 9.00. The molecule has 0 aliphatic carbocycles. The third kappa shape index (κ3) is 5.72. The number of nitrogens with zero attached hydrogens (tertiary/aromatic N) is 2. The highest BCUT2D eigenvalue weighted by molar-refractivity contribution is 6.34. The van der Waals surface area contributed by atoms with E-state index in [2.05, 4.69) is 20.9 Å². The zero-order valence-electron chi connectivity index (χ0n) is 19.8. The maximum Gasteiger partial charge on any atom is 0.257 e. The molecular formula is C25H27ClF2N6O3. The van der Waals surface area contributed by atoms with Gasteiger partial charge in [0.25, 0.3) is 17.7 Å². The van der Waals surface area contributed by atoms with Crippen LogP contribution in [-0.4, -0.2) is 67.1 Å². The van der Waals surface area contributed by atoms with Gasteiger partial charge in [-0.3, -0.25) is 19.4 Å². The second-order valence-corrected chi connectivity index (χ2v) is 9.40. The summed E-state index contributed by atoms with van der Waals surface area (Å²) in [5.74, 6) is -4.38. The van der Waals surface area contributed by atoms with Gasteiger partial charge in [0.05, 0.1) is 16.9 Å². The van der Waals surface area contributed by atoms with Crippen LogP contribution in [0.1, 0.15) is 28.8 Å². The van der Waals surface area contributed by atoms with Crippen molar-refractivity contribution in [2.24, 2.45) is 10.7 Å². The van der Waals surface area contributed by atoms with E-state index in [9.17, 15) is 23.2 Å². The number of rotatable bonds is 8. The molecule has 2 unspecified atom stereocenters. The van der Waals surface area contributed by atoms with Crippen LogP contribution in [-0.2, 0) is 15.1 Å². The number of halogens is 3. The summed E-state index contributed by atoms with van der Waals surface area (Å²) >= 11 is 6.08. The zero-order chi connectivity index (χ0) is 26.6. The van der Waals surface area contributed by atoms with Crippen molar-refractivity contribution >= 4 is 41.3 Å². The number of aliphatic imine (C=N–C) groups is 1. The third-order valence-electron chi connectivity index (χ3n) is 6.59. The molecule has 0 aromatic heterocycles. The van der Waals surface area contributed by atoms with Crippen molar-refractivity contribution in [1.82, 2.24) is 15.5 Å². The molecule has 1 fully saturated rings. The van der Waals surface area contributed by atoms with E-state index in [4.69, 9.17) is 17.3 Å². The van der Waals surface area contributed by atoms with Gasteiger partial charge in [0.1, 0.15) is 0 Å². The molecule has 196 valence electrons. The average Bonchev–Trinajstić information content (AvgIpc) is 3.32. The Bertz CT molecular complexity index is 1200. The van der Waals surface area contributed by atoms with Crippen LogP contribution >= 0.6 is 11.6 Å². The molecule has 9 nitrogen and oxygen atoms in total. The van der Waals surface area contributed by atoms with Gasteiger partial charge >= 0.3 is 0 Å². The molecule has 37 heavy (non-hydrogen) atoms. The predicted molar refractivity (Wildman–Crippen MR) is 136 cm³/mol. The number of nitrogens with two attached hydrogens (primary N) is 1. The minimum absolute atomic E-state index is 0.207. The highest BCUT2D eigenvalue weighted by Gasteiger charge is 2.52. The van der Waals surface area contributed by atoms with Crippen molar-refractivity contribution in [3.63, 3.8) is 0 Å². The van der Waals surface area contributed by atoms with Crippen molar-refractivity contribution in [2.75, 3.05) is 31.5 Å². The number of benzene rings is 2. The summed E-state index contributed by atoms with van der Waals surface area (Å²) in [5, 5.41) is 8.61. The third-order valence-corrected chi connectivity index (χ3v) is 6.92. The Morgan fingerprint density at radius 2 is 1.78 bits per heavy atom. The first kappa shape index (κ1) is 26.5. The summed E-state index contributed by atoms with van der Waals surface area (Å²) < 4.78 is 26.7. The molecule has 2 aromatic rings. The number of likely N-dealkylation sites (tertiary alicyclic amines) is 1. The number of hydrogen-bond donors (Lipinski definition) is 4. The SMILES string of the molecule is NC(=O)C1(c2ccc(NC(=O)c3ccccc3Cl)cc2)NC=NC1C(=O)NCCN1CCC(F)(F)CC1. The Morgan fingerprint density at radius 3 is 2.43 bits per heavy atom. The standard InChI is InChI=1S/C25H27ClF2N6O3/c26-19-4-2-1-3-18(19)21(35)33-17-7-5-16(6-8-17)25(23(29)37)20(31-15-32-25)22(36)30-11-14-34-12-9-24(27,28)10-13-34/h1-8,15,20H,9-14H2,(H2,29,37)(H,30,36)(H,31,32)(H,33,35). The molecule has 2 heterocycles. The van der Waals surface area contributed by atoms with E-state index >= 15 is 0 Å². The van der Waals surface area contributed by atoms with Crippen molar-refractivity contribution < 1.29 is 23.2 Å². The lowest BCUT2D eigenvalue weighted by Crippen LogP contribution is -2.60. The summed E-state index contributed by atoms with van der Waals surface area (Å²) in [7, 11) is 0. The molecule has 5 N–H and O–H groups in total. The van der Waals surface area contributed by atoms with Crippen molar-refractivity contribution in [1.29, 1.82) is 0 Å². The molecule has 0 saturated carbocycles. The number of primary amides is 1. The smallest absolute Gasteiger partial charge is 0.257 e. The number of nitrogens with one attached hydrogen (secondary N) is 3. The Labute approximate surface area is 217 Å². The van der Waals surface area contributed by atoms with Crippen LogP contribution in [0.2, 0.25) is 5.02 Å². The van der Waals surface area contributed by atoms with E-state index in [0.29, 0.717) is 28.4 Å². The van der Waals surface area contributed by atoms with Gasteiger partial charge in [0.2, 0.25) is 5.91 Å². The Kier molecular flexibility index (Phi) is 7.74. The summed E-state index contributed by atoms with van der Waals surface area (Å²) in [6, 6.07) is 11.7. The van der Waals surface area contributed by atoms with Gasteiger partial charge in [-0.1, -0.05) is 35.9 Å². The van der Waals surface area contributed by atoms with Crippen molar-refractivity contribution in [3.8, 4) is 0 Å². The molecule has 2 atom stereocenters. The molecule has 2 aliphatic rings. The summed E-state index contributed by atoms with van der Waals surface area (Å²) in [5.41, 5.74) is 5.25. The van der Waals surface area contributed by atoms with E-state index in [1.807, 2.05) is 4.90 Å². The fourth-order valence-electron chi connectivity index (χ4n) is 4.46. The monoisotopic (exact) mass is 532 g/mol. The number of hydrogen-bond acceptors (Lipinski definition) is 6. The highest BCUT2D eigenvalue weighted by Crippen LogP contribution is 2.31. The highest BCUT2D eigenvalue weighted by atomic mass is 35.5. The normalized spacial score (nSPS) is 22.7. The van der Waals surface area contributed by atoms with Crippen LogP contribution in [0, 0.1) is 0 Å². The zero-order valence-corrected chi connectivity index (χ0v) is 20.6. The molecule has 3 amide bonds. The molecule has 0 bridgehead atoms. The topological polar surface area (TPSA) is 129 Å². The Morgan fingerprint density at radius 1 is 1.11 bits per heavy atom. The van der Waals surface area contributed by atoms with Gasteiger partial charge in [-0.05, 0) is 29.8 Å². The summed E-state index contributed by atoms with van der Waals surface area (Å²) in [6.07, 6.45) is 0.837. The number of amides is 3. The van der Waals surface area contributed by atoms with E-state index in [1.165, 1.54) is 6.34 Å². The molecule has 2 aliphatic heterocycles. The van der Waals surface area contributed by atoms with Crippen molar-refractivity contribution in [2.45, 2.75) is 30.3 Å². The van der Waals surface area contributed by atoms with Gasteiger partial charge in [-0.15, -0.1) is 0 Å². The van der Waals surface area contributed by atoms with E-state index in [0.717, 1.165) is 0 Å². The van der Waals surface area contributed by atoms with Gasteiger partial charge in [-0.25, -0.2) is 8.78 Å². The molecule has 0 spiro atoms. The lowest BCUT2D eigenvalue weighted by molar-refractivity contribution is -0.131. The minimum Gasteiger partial charge on any atom is -0.367 e. The number of alkyl halides is 2. The Hall–Kier alpha value is -3.57. The van der Waals surface area contributed by atoms with Gasteiger partial charge in [0.15, 0.2) is 11.6 Å². The molecule has 4 rings (SSSR count). The molecule has 2 aromatic carbocycles. The van der Waals surface area contributed by atoms with Gasteiger partial charge in [0, 0.05) is 44.7 Å². The quantitative estimate of drug-likeness (QED) is 0.414. The maximum atomic E-state index is 13.3. The molecule has 1 saturated heterocycles. The summed E-state index contributed by atoms with van der Waals surface area (Å²) in [6.45, 7) is 1.10. The fourth-order valence-corrected chi connectivity index (χ4v) is 4.68. The maximum absolute atomic E-state index is 13.3. The van der Waals surface area contributed by atoms with Crippen LogP contribution < -0.4 is 21.7 Å². The first-order valence-electron chi connectivity index (χ1n) is 11.8.